The Morgan fingerprint density at radius 2 is 2.41 bits per heavy atom. The molecule has 94 valence electrons. The van der Waals surface area contributed by atoms with Gasteiger partial charge in [0, 0.05) is 6.42 Å². The summed E-state index contributed by atoms with van der Waals surface area (Å²) in [6.07, 6.45) is -0.148. The van der Waals surface area contributed by atoms with E-state index in [0.29, 0.717) is 6.42 Å². The van der Waals surface area contributed by atoms with Gasteiger partial charge in [0.1, 0.15) is 29.7 Å². The molecule has 1 aromatic rings. The van der Waals surface area contributed by atoms with Gasteiger partial charge in [-0.25, -0.2) is 4.98 Å². The van der Waals surface area contributed by atoms with Crippen LogP contribution in [0.15, 0.2) is 6.33 Å². The fourth-order valence-electron chi connectivity index (χ4n) is 1.86. The number of nitrogens with zero attached hydrogens (tertiary/aromatic N) is 2. The molecule has 1 fully saturated rings. The molecule has 1 aliphatic rings. The van der Waals surface area contributed by atoms with Crippen molar-refractivity contribution in [3.8, 4) is 0 Å². The second-order valence-corrected chi connectivity index (χ2v) is 3.91. The summed E-state index contributed by atoms with van der Waals surface area (Å²) in [7, 11) is 0. The highest BCUT2D eigenvalue weighted by molar-refractivity contribution is 5.97. The molecule has 3 atom stereocenters. The number of aromatic nitrogens is 2. The Morgan fingerprint density at radius 3 is 2.88 bits per heavy atom. The normalized spacial score (nSPS) is 28.5. The highest BCUT2D eigenvalue weighted by Gasteiger charge is 2.35. The summed E-state index contributed by atoms with van der Waals surface area (Å²) in [4.78, 5) is 3.90. The van der Waals surface area contributed by atoms with Crippen LogP contribution in [0, 0.1) is 5.41 Å². The zero-order valence-corrected chi connectivity index (χ0v) is 9.08. The van der Waals surface area contributed by atoms with Crippen molar-refractivity contribution in [2.24, 2.45) is 5.73 Å². The van der Waals surface area contributed by atoms with Gasteiger partial charge in [-0.15, -0.1) is 0 Å². The van der Waals surface area contributed by atoms with E-state index >= 15 is 0 Å². The predicted octanol–water partition coefficient (Wildman–Crippen LogP) is -1.61. The zero-order valence-electron chi connectivity index (χ0n) is 9.08. The van der Waals surface area contributed by atoms with E-state index in [9.17, 15) is 5.11 Å². The van der Waals surface area contributed by atoms with Crippen molar-refractivity contribution in [3.63, 3.8) is 0 Å². The van der Waals surface area contributed by atoms with E-state index in [0.717, 1.165) is 0 Å². The molecule has 2 heterocycles. The average Bonchev–Trinajstić information content (AvgIpc) is 2.81. The van der Waals surface area contributed by atoms with Crippen molar-refractivity contribution in [2.75, 3.05) is 12.3 Å². The molecule has 0 amide bonds. The number of imidazole rings is 1. The monoisotopic (exact) mass is 241 g/mol. The molecule has 1 aromatic heterocycles. The molecule has 0 unspecified atom stereocenters. The van der Waals surface area contributed by atoms with Gasteiger partial charge in [0.25, 0.3) is 0 Å². The van der Waals surface area contributed by atoms with Gasteiger partial charge in [-0.3, -0.25) is 9.98 Å². The lowest BCUT2D eigenvalue weighted by atomic mass is 10.2. The third kappa shape index (κ3) is 1.97. The van der Waals surface area contributed by atoms with E-state index in [1.54, 1.807) is 0 Å². The largest absolute Gasteiger partial charge is 0.394 e. The Morgan fingerprint density at radius 1 is 1.71 bits per heavy atom. The molecule has 0 radical (unpaired) electrons. The predicted molar refractivity (Wildman–Crippen MR) is 59.3 cm³/mol. The minimum Gasteiger partial charge on any atom is -0.394 e. The Kier molecular flexibility index (Phi) is 3.01. The van der Waals surface area contributed by atoms with Gasteiger partial charge in [0.2, 0.25) is 0 Å². The first-order valence-electron chi connectivity index (χ1n) is 5.15. The summed E-state index contributed by atoms with van der Waals surface area (Å²) in [5.74, 6) is -0.00760. The number of aliphatic hydroxyl groups excluding tert-OH is 2. The van der Waals surface area contributed by atoms with Gasteiger partial charge in [0.15, 0.2) is 0 Å². The second-order valence-electron chi connectivity index (χ2n) is 3.91. The number of aliphatic hydroxyl groups is 2. The molecule has 0 aliphatic carbocycles. The molecule has 8 heteroatoms. The molecule has 0 saturated carbocycles. The first-order valence-corrected chi connectivity index (χ1v) is 5.15. The third-order valence-corrected chi connectivity index (χ3v) is 2.78. The fourth-order valence-corrected chi connectivity index (χ4v) is 1.86. The van der Waals surface area contributed by atoms with Gasteiger partial charge in [0.05, 0.1) is 19.0 Å². The van der Waals surface area contributed by atoms with Crippen LogP contribution in [-0.2, 0) is 4.74 Å². The molecule has 1 aliphatic heterocycles. The summed E-state index contributed by atoms with van der Waals surface area (Å²) < 4.78 is 6.91. The molecule has 0 bridgehead atoms. The lowest BCUT2D eigenvalue weighted by molar-refractivity contribution is -0.0436. The summed E-state index contributed by atoms with van der Waals surface area (Å²) in [5.41, 5.74) is 11.3. The molecule has 1 saturated heterocycles. The number of hydrogen-bond acceptors (Lipinski definition) is 6. The molecule has 2 rings (SSSR count). The maximum atomic E-state index is 9.60. The Bertz CT molecular complexity index is 432. The number of ether oxygens (including phenoxy) is 1. The molecular weight excluding hydrogens is 226 g/mol. The SMILES string of the molecule is N=C(N)c1ncn([C@@H]2C[C@H](O)[C@@H](CO)O2)c1N. The van der Waals surface area contributed by atoms with Crippen LogP contribution in [0.1, 0.15) is 18.3 Å². The van der Waals surface area contributed by atoms with Crippen molar-refractivity contribution < 1.29 is 14.9 Å². The number of rotatable bonds is 3. The van der Waals surface area contributed by atoms with Crippen molar-refractivity contribution in [1.82, 2.24) is 9.55 Å². The molecule has 17 heavy (non-hydrogen) atoms. The maximum absolute atomic E-state index is 9.60. The summed E-state index contributed by atoms with van der Waals surface area (Å²) in [5, 5.41) is 25.8. The molecule has 0 spiro atoms. The van der Waals surface area contributed by atoms with Crippen LogP contribution in [0.3, 0.4) is 0 Å². The Balaban J connectivity index is 2.22. The van der Waals surface area contributed by atoms with Gasteiger partial charge in [-0.05, 0) is 0 Å². The lowest BCUT2D eigenvalue weighted by Crippen LogP contribution is -2.24. The van der Waals surface area contributed by atoms with Crippen LogP contribution in [0.4, 0.5) is 5.82 Å². The Hall–Kier alpha value is -1.64. The van der Waals surface area contributed by atoms with Crippen molar-refractivity contribution in [1.29, 1.82) is 5.41 Å². The van der Waals surface area contributed by atoms with Crippen LogP contribution in [0.25, 0.3) is 0 Å². The summed E-state index contributed by atoms with van der Waals surface area (Å²) in [6.45, 7) is -0.258. The standard InChI is InChI=1S/C9H15N5O3/c10-8(11)7-9(12)14(3-13-7)6-1-4(16)5(2-15)17-6/h3-6,15-16H,1-2,12H2,(H3,10,11)/t4-,5+,6-/m0/s1. The van der Waals surface area contributed by atoms with Crippen LogP contribution >= 0.6 is 0 Å². The van der Waals surface area contributed by atoms with Crippen molar-refractivity contribution >= 4 is 11.7 Å². The minimum atomic E-state index is -0.743. The van der Waals surface area contributed by atoms with Gasteiger partial charge < -0.3 is 26.4 Å². The lowest BCUT2D eigenvalue weighted by Gasteiger charge is -2.14. The van der Waals surface area contributed by atoms with Crippen LogP contribution in [-0.4, -0.2) is 44.4 Å². The van der Waals surface area contributed by atoms with Gasteiger partial charge in [-0.1, -0.05) is 0 Å². The third-order valence-electron chi connectivity index (χ3n) is 2.78. The quantitative estimate of drug-likeness (QED) is 0.318. The molecule has 7 N–H and O–H groups in total. The molecule has 0 aromatic carbocycles. The number of amidine groups is 1. The van der Waals surface area contributed by atoms with E-state index in [-0.39, 0.29) is 24.0 Å². The van der Waals surface area contributed by atoms with Crippen molar-refractivity contribution in [3.05, 3.63) is 12.0 Å². The second kappa shape index (κ2) is 4.32. The summed E-state index contributed by atoms with van der Waals surface area (Å²) in [6, 6.07) is 0. The summed E-state index contributed by atoms with van der Waals surface area (Å²) >= 11 is 0. The minimum absolute atomic E-state index is 0.190. The Labute approximate surface area is 97.3 Å². The van der Waals surface area contributed by atoms with Crippen molar-refractivity contribution in [2.45, 2.75) is 24.9 Å². The van der Waals surface area contributed by atoms with E-state index < -0.39 is 18.4 Å². The van der Waals surface area contributed by atoms with E-state index in [4.69, 9.17) is 26.7 Å². The van der Waals surface area contributed by atoms with E-state index in [1.807, 2.05) is 0 Å². The number of nitrogens with two attached hydrogens (primary N) is 2. The maximum Gasteiger partial charge on any atom is 0.147 e. The highest BCUT2D eigenvalue weighted by Crippen LogP contribution is 2.30. The van der Waals surface area contributed by atoms with Gasteiger partial charge >= 0.3 is 0 Å². The molecular formula is C9H15N5O3. The number of hydrogen-bond donors (Lipinski definition) is 5. The fraction of sp³-hybridized carbons (Fsp3) is 0.556. The average molecular weight is 241 g/mol. The molecule has 8 nitrogen and oxygen atoms in total. The first-order chi connectivity index (χ1) is 8.04. The van der Waals surface area contributed by atoms with Crippen LogP contribution in [0.2, 0.25) is 0 Å². The zero-order chi connectivity index (χ0) is 12.6. The highest BCUT2D eigenvalue weighted by atomic mass is 16.5. The number of nitrogens with one attached hydrogen (secondary N) is 1. The topological polar surface area (TPSA) is 143 Å². The van der Waals surface area contributed by atoms with E-state index in [2.05, 4.69) is 4.98 Å². The van der Waals surface area contributed by atoms with E-state index in [1.165, 1.54) is 10.9 Å². The number of anilines is 1. The van der Waals surface area contributed by atoms with Gasteiger partial charge in [-0.2, -0.15) is 0 Å². The van der Waals surface area contributed by atoms with Crippen LogP contribution < -0.4 is 11.5 Å². The smallest absolute Gasteiger partial charge is 0.147 e. The number of nitrogen functional groups attached to an aromatic ring is 2. The van der Waals surface area contributed by atoms with Crippen LogP contribution in [0.5, 0.6) is 0 Å². The first kappa shape index (κ1) is 11.8.